The van der Waals surface area contributed by atoms with Gasteiger partial charge in [-0.1, -0.05) is 77.8 Å². The van der Waals surface area contributed by atoms with Crippen molar-refractivity contribution >= 4 is 34.9 Å². The normalized spacial score (nSPS) is 10.8. The molecule has 7 heteroatoms. The first-order valence-corrected chi connectivity index (χ1v) is 11.7. The zero-order chi connectivity index (χ0) is 24.2. The number of carbonyl (C=O) groups excluding carboxylic acids is 1. The van der Waals surface area contributed by atoms with Gasteiger partial charge in [0, 0.05) is 21.8 Å². The van der Waals surface area contributed by atoms with Gasteiger partial charge in [-0.05, 0) is 48.0 Å². The quantitative estimate of drug-likeness (QED) is 0.251. The summed E-state index contributed by atoms with van der Waals surface area (Å²) in [7, 11) is 0. The SMILES string of the molecule is O=C(c1cnn(-c2cccc(Cl)c2)c1-c1ccc(Cl)cc1)N(Cc1ccccc1)c1ccccn1. The minimum atomic E-state index is -0.217. The van der Waals surface area contributed by atoms with Crippen LogP contribution in [-0.2, 0) is 6.54 Å². The standard InChI is InChI=1S/C28H20Cl2N4O/c29-22-14-12-21(13-15-22)27-25(18-32-34(27)24-10-6-9-23(30)17-24)28(35)33(26-11-4-5-16-31-26)19-20-7-2-1-3-8-20/h1-18H,19H2. The highest BCUT2D eigenvalue weighted by Gasteiger charge is 2.26. The van der Waals surface area contributed by atoms with E-state index in [9.17, 15) is 4.79 Å². The van der Waals surface area contributed by atoms with Crippen LogP contribution >= 0.6 is 23.2 Å². The van der Waals surface area contributed by atoms with Crippen molar-refractivity contribution in [1.29, 1.82) is 0 Å². The van der Waals surface area contributed by atoms with Gasteiger partial charge in [-0.15, -0.1) is 0 Å². The van der Waals surface area contributed by atoms with E-state index in [1.54, 1.807) is 40.2 Å². The highest BCUT2D eigenvalue weighted by Crippen LogP contribution is 2.31. The summed E-state index contributed by atoms with van der Waals surface area (Å²) in [6, 6.07) is 30.0. The molecule has 0 saturated heterocycles. The molecule has 172 valence electrons. The summed E-state index contributed by atoms with van der Waals surface area (Å²) < 4.78 is 1.72. The zero-order valence-corrected chi connectivity index (χ0v) is 20.1. The fraction of sp³-hybridized carbons (Fsp3) is 0.0357. The van der Waals surface area contributed by atoms with E-state index in [0.29, 0.717) is 33.7 Å². The van der Waals surface area contributed by atoms with Gasteiger partial charge in [-0.25, -0.2) is 9.67 Å². The molecule has 0 bridgehead atoms. The van der Waals surface area contributed by atoms with Gasteiger partial charge in [0.1, 0.15) is 5.82 Å². The lowest BCUT2D eigenvalue weighted by Crippen LogP contribution is -2.31. The van der Waals surface area contributed by atoms with Gasteiger partial charge in [-0.2, -0.15) is 5.10 Å². The van der Waals surface area contributed by atoms with Crippen molar-refractivity contribution in [2.24, 2.45) is 0 Å². The second-order valence-corrected chi connectivity index (χ2v) is 8.74. The first-order valence-electron chi connectivity index (χ1n) is 11.0. The number of nitrogens with zero attached hydrogens (tertiary/aromatic N) is 4. The molecule has 0 N–H and O–H groups in total. The molecule has 0 aliphatic rings. The summed E-state index contributed by atoms with van der Waals surface area (Å²) >= 11 is 12.4. The molecule has 2 aromatic heterocycles. The number of benzene rings is 3. The number of carbonyl (C=O) groups is 1. The van der Waals surface area contributed by atoms with E-state index in [4.69, 9.17) is 23.2 Å². The molecular formula is C28H20Cl2N4O. The first kappa shape index (κ1) is 22.8. The molecule has 5 aromatic rings. The maximum Gasteiger partial charge on any atom is 0.263 e. The molecule has 3 aromatic carbocycles. The van der Waals surface area contributed by atoms with Crippen LogP contribution in [-0.4, -0.2) is 20.7 Å². The lowest BCUT2D eigenvalue weighted by atomic mass is 10.1. The molecule has 0 fully saturated rings. The maximum atomic E-state index is 14.1. The maximum absolute atomic E-state index is 14.1. The van der Waals surface area contributed by atoms with Gasteiger partial charge in [-0.3, -0.25) is 9.69 Å². The molecule has 1 amide bonds. The van der Waals surface area contributed by atoms with Gasteiger partial charge in [0.2, 0.25) is 0 Å². The summed E-state index contributed by atoms with van der Waals surface area (Å²) in [5.74, 6) is 0.338. The predicted octanol–water partition coefficient (Wildman–Crippen LogP) is 7.09. The molecule has 0 radical (unpaired) electrons. The summed E-state index contributed by atoms with van der Waals surface area (Å²) in [5, 5.41) is 5.77. The highest BCUT2D eigenvalue weighted by atomic mass is 35.5. The summed E-state index contributed by atoms with van der Waals surface area (Å²) in [4.78, 5) is 20.2. The Kier molecular flexibility index (Phi) is 6.62. The van der Waals surface area contributed by atoms with E-state index in [-0.39, 0.29) is 5.91 Å². The van der Waals surface area contributed by atoms with Crippen LogP contribution < -0.4 is 4.90 Å². The van der Waals surface area contributed by atoms with Gasteiger partial charge in [0.15, 0.2) is 0 Å². The Morgan fingerprint density at radius 3 is 2.31 bits per heavy atom. The average Bonchev–Trinajstić information content (AvgIpc) is 3.34. The van der Waals surface area contributed by atoms with Crippen molar-refractivity contribution in [3.8, 4) is 16.9 Å². The van der Waals surface area contributed by atoms with Crippen molar-refractivity contribution in [2.75, 3.05) is 4.90 Å². The van der Waals surface area contributed by atoms with Crippen LogP contribution in [0.1, 0.15) is 15.9 Å². The number of amides is 1. The Hall–Kier alpha value is -3.93. The molecule has 35 heavy (non-hydrogen) atoms. The molecular weight excluding hydrogens is 479 g/mol. The van der Waals surface area contributed by atoms with Crippen molar-refractivity contribution < 1.29 is 4.79 Å². The lowest BCUT2D eigenvalue weighted by molar-refractivity contribution is 0.0985. The number of hydrogen-bond acceptors (Lipinski definition) is 3. The van der Waals surface area contributed by atoms with E-state index >= 15 is 0 Å². The van der Waals surface area contributed by atoms with Gasteiger partial charge in [0.05, 0.1) is 29.7 Å². The van der Waals surface area contributed by atoms with E-state index in [0.717, 1.165) is 16.8 Å². The van der Waals surface area contributed by atoms with Crippen LogP contribution in [0.5, 0.6) is 0 Å². The summed E-state index contributed by atoms with van der Waals surface area (Å²) in [6.07, 6.45) is 3.27. The molecule has 0 aliphatic carbocycles. The fourth-order valence-electron chi connectivity index (χ4n) is 3.88. The Bertz CT molecular complexity index is 1450. The van der Waals surface area contributed by atoms with E-state index in [1.807, 2.05) is 78.9 Å². The third-order valence-corrected chi connectivity index (χ3v) is 6.01. The summed E-state index contributed by atoms with van der Waals surface area (Å²) in [6.45, 7) is 0.360. The third kappa shape index (κ3) is 4.97. The molecule has 5 nitrogen and oxygen atoms in total. The van der Waals surface area contributed by atoms with Crippen LogP contribution in [0, 0.1) is 0 Å². The average molecular weight is 499 g/mol. The highest BCUT2D eigenvalue weighted by molar-refractivity contribution is 6.31. The first-order chi connectivity index (χ1) is 17.1. The van der Waals surface area contributed by atoms with Crippen molar-refractivity contribution in [3.63, 3.8) is 0 Å². The second kappa shape index (κ2) is 10.1. The Morgan fingerprint density at radius 1 is 0.829 bits per heavy atom. The van der Waals surface area contributed by atoms with Gasteiger partial charge in [0.25, 0.3) is 5.91 Å². The van der Waals surface area contributed by atoms with Crippen molar-refractivity contribution in [3.05, 3.63) is 131 Å². The van der Waals surface area contributed by atoms with Crippen LogP contribution in [0.2, 0.25) is 10.0 Å². The molecule has 0 unspecified atom stereocenters. The number of rotatable bonds is 6. The second-order valence-electron chi connectivity index (χ2n) is 7.87. The molecule has 0 atom stereocenters. The number of aromatic nitrogens is 3. The number of hydrogen-bond donors (Lipinski definition) is 0. The van der Waals surface area contributed by atoms with Crippen molar-refractivity contribution in [1.82, 2.24) is 14.8 Å². The number of anilines is 1. The number of halogens is 2. The Morgan fingerprint density at radius 2 is 1.60 bits per heavy atom. The zero-order valence-electron chi connectivity index (χ0n) is 18.6. The van der Waals surface area contributed by atoms with Crippen LogP contribution in [0.4, 0.5) is 5.82 Å². The lowest BCUT2D eigenvalue weighted by Gasteiger charge is -2.22. The summed E-state index contributed by atoms with van der Waals surface area (Å²) in [5.41, 5.74) is 3.61. The van der Waals surface area contributed by atoms with Crippen molar-refractivity contribution in [2.45, 2.75) is 6.54 Å². The number of pyridine rings is 1. The Balaban J connectivity index is 1.65. The minimum absolute atomic E-state index is 0.217. The van der Waals surface area contributed by atoms with Gasteiger partial charge < -0.3 is 0 Å². The Labute approximate surface area is 213 Å². The van der Waals surface area contributed by atoms with E-state index in [1.165, 1.54) is 0 Å². The third-order valence-electron chi connectivity index (χ3n) is 5.52. The molecule has 0 saturated carbocycles. The van der Waals surface area contributed by atoms with Gasteiger partial charge >= 0.3 is 0 Å². The largest absolute Gasteiger partial charge is 0.288 e. The van der Waals surface area contributed by atoms with Crippen LogP contribution in [0.15, 0.2) is 109 Å². The molecule has 0 spiro atoms. The van der Waals surface area contributed by atoms with E-state index in [2.05, 4.69) is 10.1 Å². The predicted molar refractivity (Wildman–Crippen MR) is 140 cm³/mol. The molecule has 5 rings (SSSR count). The molecule has 0 aliphatic heterocycles. The topological polar surface area (TPSA) is 51.0 Å². The smallest absolute Gasteiger partial charge is 0.263 e. The van der Waals surface area contributed by atoms with Crippen LogP contribution in [0.25, 0.3) is 16.9 Å². The fourth-order valence-corrected chi connectivity index (χ4v) is 4.19. The van der Waals surface area contributed by atoms with Crippen LogP contribution in [0.3, 0.4) is 0 Å². The molecule has 2 heterocycles. The monoisotopic (exact) mass is 498 g/mol. The van der Waals surface area contributed by atoms with E-state index < -0.39 is 0 Å². The minimum Gasteiger partial charge on any atom is -0.288 e.